The number of nitrogens with zero attached hydrogens (tertiary/aromatic N) is 3. The normalized spacial score (nSPS) is 15.3. The van der Waals surface area contributed by atoms with Crippen molar-refractivity contribution in [2.75, 3.05) is 25.6 Å². The Labute approximate surface area is 90.3 Å². The summed E-state index contributed by atoms with van der Waals surface area (Å²) in [7, 11) is 7.35. The minimum absolute atomic E-state index is 0.640. The number of nitrogens with one attached hydrogen (secondary N) is 1. The minimum atomic E-state index is 0.640. The van der Waals surface area contributed by atoms with Gasteiger partial charge in [-0.05, 0) is 0 Å². The third-order valence-electron chi connectivity index (χ3n) is 2.27. The molecule has 0 saturated heterocycles. The predicted molar refractivity (Wildman–Crippen MR) is 57.4 cm³/mol. The molecule has 5 nitrogen and oxygen atoms in total. The van der Waals surface area contributed by atoms with Gasteiger partial charge in [0.05, 0.1) is 12.3 Å². The monoisotopic (exact) mass is 204 g/mol. The fourth-order valence-corrected chi connectivity index (χ4v) is 1.53. The van der Waals surface area contributed by atoms with Gasteiger partial charge in [-0.2, -0.15) is 0 Å². The maximum absolute atomic E-state index is 5.68. The highest BCUT2D eigenvalue weighted by atomic mass is 16.5. The van der Waals surface area contributed by atoms with Crippen LogP contribution in [0.4, 0.5) is 5.95 Å². The van der Waals surface area contributed by atoms with Crippen molar-refractivity contribution in [2.24, 2.45) is 0 Å². The highest BCUT2D eigenvalue weighted by Gasteiger charge is 2.17. The molecule has 2 radical (unpaired) electrons. The second-order valence-corrected chi connectivity index (χ2v) is 3.49. The molecule has 78 valence electrons. The fourth-order valence-electron chi connectivity index (χ4n) is 1.53. The van der Waals surface area contributed by atoms with Crippen molar-refractivity contribution in [3.8, 4) is 0 Å². The van der Waals surface area contributed by atoms with Crippen molar-refractivity contribution in [1.29, 1.82) is 0 Å². The zero-order valence-electron chi connectivity index (χ0n) is 8.73. The summed E-state index contributed by atoms with van der Waals surface area (Å²) in [5.74, 6) is 0.640. The molecule has 0 saturated carbocycles. The number of rotatable bonds is 4. The van der Waals surface area contributed by atoms with Gasteiger partial charge in [0.2, 0.25) is 5.95 Å². The lowest BCUT2D eigenvalue weighted by Crippen LogP contribution is -2.11. The number of hydrogen-bond donors (Lipinski definition) is 1. The SMILES string of the molecule is [B]N1Cc2cnc(NCCOC)nc2C1. The van der Waals surface area contributed by atoms with Gasteiger partial charge in [-0.15, -0.1) is 0 Å². The van der Waals surface area contributed by atoms with Crippen molar-refractivity contribution in [3.63, 3.8) is 0 Å². The standard InChI is InChI=1S/C9H13BN4O/c1-15-3-2-11-9-12-4-7-5-14(10)6-8(7)13-9/h4H,2-3,5-6H2,1H3,(H,11,12,13). The van der Waals surface area contributed by atoms with E-state index in [0.717, 1.165) is 17.8 Å². The Morgan fingerprint density at radius 1 is 1.60 bits per heavy atom. The summed E-state index contributed by atoms with van der Waals surface area (Å²) >= 11 is 0. The topological polar surface area (TPSA) is 50.3 Å². The van der Waals surface area contributed by atoms with E-state index in [4.69, 9.17) is 12.7 Å². The van der Waals surface area contributed by atoms with Crippen LogP contribution in [-0.4, -0.2) is 43.0 Å². The van der Waals surface area contributed by atoms with E-state index in [9.17, 15) is 0 Å². The molecule has 0 spiro atoms. The number of aromatic nitrogens is 2. The zero-order chi connectivity index (χ0) is 10.7. The van der Waals surface area contributed by atoms with Gasteiger partial charge >= 0.3 is 0 Å². The van der Waals surface area contributed by atoms with E-state index in [-0.39, 0.29) is 0 Å². The van der Waals surface area contributed by atoms with Crippen LogP contribution >= 0.6 is 0 Å². The van der Waals surface area contributed by atoms with Gasteiger partial charge in [-0.25, -0.2) is 9.97 Å². The number of ether oxygens (including phenoxy) is 1. The molecule has 1 N–H and O–H groups in total. The molecule has 6 heteroatoms. The molecule has 2 heterocycles. The van der Waals surface area contributed by atoms with Gasteiger partial charge in [-0.1, -0.05) is 0 Å². The van der Waals surface area contributed by atoms with Gasteiger partial charge in [0.15, 0.2) is 7.98 Å². The van der Waals surface area contributed by atoms with Crippen LogP contribution in [0.5, 0.6) is 0 Å². The van der Waals surface area contributed by atoms with Crippen molar-refractivity contribution in [3.05, 3.63) is 17.5 Å². The number of anilines is 1. The molecule has 1 aliphatic heterocycles. The lowest BCUT2D eigenvalue weighted by molar-refractivity contribution is 0.210. The lowest BCUT2D eigenvalue weighted by Gasteiger charge is -2.04. The van der Waals surface area contributed by atoms with Crippen LogP contribution < -0.4 is 5.32 Å². The van der Waals surface area contributed by atoms with Gasteiger partial charge in [0.1, 0.15) is 0 Å². The van der Waals surface area contributed by atoms with E-state index >= 15 is 0 Å². The van der Waals surface area contributed by atoms with Crippen LogP contribution in [0.25, 0.3) is 0 Å². The summed E-state index contributed by atoms with van der Waals surface area (Å²) in [4.78, 5) is 10.3. The van der Waals surface area contributed by atoms with Gasteiger partial charge in [0.25, 0.3) is 0 Å². The van der Waals surface area contributed by atoms with Crippen LogP contribution in [0.1, 0.15) is 11.3 Å². The molecular formula is C9H13BN4O. The molecule has 1 aromatic heterocycles. The third kappa shape index (κ3) is 2.46. The lowest BCUT2D eigenvalue weighted by atomic mass is 10.3. The Kier molecular flexibility index (Phi) is 3.18. The zero-order valence-corrected chi connectivity index (χ0v) is 8.73. The molecule has 0 amide bonds. The first-order chi connectivity index (χ1) is 7.29. The smallest absolute Gasteiger partial charge is 0.222 e. The molecule has 1 aromatic rings. The first-order valence-electron chi connectivity index (χ1n) is 4.87. The van der Waals surface area contributed by atoms with Gasteiger partial charge in [-0.3, -0.25) is 0 Å². The minimum Gasteiger partial charge on any atom is -0.383 e. The summed E-state index contributed by atoms with van der Waals surface area (Å²) in [6.45, 7) is 2.77. The summed E-state index contributed by atoms with van der Waals surface area (Å²) in [5, 5.41) is 3.08. The second kappa shape index (κ2) is 4.59. The highest BCUT2D eigenvalue weighted by molar-refractivity contribution is 6.04. The number of fused-ring (bicyclic) bond motifs is 1. The fraction of sp³-hybridized carbons (Fsp3) is 0.556. The van der Waals surface area contributed by atoms with E-state index in [2.05, 4.69) is 15.3 Å². The van der Waals surface area contributed by atoms with Crippen LogP contribution in [0, 0.1) is 0 Å². The first-order valence-corrected chi connectivity index (χ1v) is 4.87. The number of methoxy groups -OCH3 is 1. The molecule has 0 aliphatic carbocycles. The second-order valence-electron chi connectivity index (χ2n) is 3.49. The van der Waals surface area contributed by atoms with E-state index in [1.54, 1.807) is 11.9 Å². The van der Waals surface area contributed by atoms with Crippen molar-refractivity contribution in [2.45, 2.75) is 13.1 Å². The molecule has 15 heavy (non-hydrogen) atoms. The Bertz CT molecular complexity index is 347. The van der Waals surface area contributed by atoms with Gasteiger partial charge in [0, 0.05) is 38.5 Å². The molecule has 1 aliphatic rings. The summed E-state index contributed by atoms with van der Waals surface area (Å²) in [5.41, 5.74) is 2.11. The molecule has 0 fully saturated rings. The molecule has 0 aromatic carbocycles. The van der Waals surface area contributed by atoms with Crippen LogP contribution in [0.2, 0.25) is 0 Å². The quantitative estimate of drug-likeness (QED) is 0.549. The maximum atomic E-state index is 5.68. The Morgan fingerprint density at radius 3 is 3.27 bits per heavy atom. The van der Waals surface area contributed by atoms with Crippen molar-refractivity contribution in [1.82, 2.24) is 14.8 Å². The Balaban J connectivity index is 2.00. The molecule has 2 rings (SSSR count). The van der Waals surface area contributed by atoms with Crippen molar-refractivity contribution >= 4 is 13.9 Å². The predicted octanol–water partition coefficient (Wildman–Crippen LogP) is -0.0660. The maximum Gasteiger partial charge on any atom is 0.222 e. The average Bonchev–Trinajstić information content (AvgIpc) is 2.57. The molecule has 0 bridgehead atoms. The van der Waals surface area contributed by atoms with Gasteiger partial charge < -0.3 is 14.9 Å². The van der Waals surface area contributed by atoms with Crippen molar-refractivity contribution < 1.29 is 4.74 Å². The van der Waals surface area contributed by atoms with E-state index in [1.807, 2.05) is 6.20 Å². The third-order valence-corrected chi connectivity index (χ3v) is 2.27. The van der Waals surface area contributed by atoms with Crippen LogP contribution in [-0.2, 0) is 17.8 Å². The summed E-state index contributed by atoms with van der Waals surface area (Å²) < 4.78 is 4.93. The first kappa shape index (κ1) is 10.4. The molecule has 0 unspecified atom stereocenters. The Morgan fingerprint density at radius 2 is 2.47 bits per heavy atom. The average molecular weight is 204 g/mol. The number of hydrogen-bond acceptors (Lipinski definition) is 5. The van der Waals surface area contributed by atoms with Crippen LogP contribution in [0.15, 0.2) is 6.20 Å². The highest BCUT2D eigenvalue weighted by Crippen LogP contribution is 2.18. The largest absolute Gasteiger partial charge is 0.383 e. The summed E-state index contributed by atoms with van der Waals surface area (Å²) in [6, 6.07) is 0. The van der Waals surface area contributed by atoms with Crippen LogP contribution in [0.3, 0.4) is 0 Å². The Hall–Kier alpha value is -1.14. The van der Waals surface area contributed by atoms with E-state index in [0.29, 0.717) is 25.6 Å². The molecular weight excluding hydrogens is 191 g/mol. The van der Waals surface area contributed by atoms with E-state index in [1.165, 1.54) is 0 Å². The summed E-state index contributed by atoms with van der Waals surface area (Å²) in [6.07, 6.45) is 1.82. The molecule has 0 atom stereocenters. The van der Waals surface area contributed by atoms with E-state index < -0.39 is 0 Å².